The van der Waals surface area contributed by atoms with Crippen molar-refractivity contribution >= 4 is 29.4 Å². The van der Waals surface area contributed by atoms with Crippen LogP contribution < -0.4 is 10.7 Å². The number of imide groups is 1. The number of urea groups is 1. The van der Waals surface area contributed by atoms with Crippen LogP contribution in [0.1, 0.15) is 29.3 Å². The number of amides is 4. The molecule has 2 N–H and O–H groups in total. The molecule has 0 spiro atoms. The highest BCUT2D eigenvalue weighted by molar-refractivity contribution is 6.31. The van der Waals surface area contributed by atoms with Crippen LogP contribution in [0.5, 0.6) is 0 Å². The van der Waals surface area contributed by atoms with Crippen LogP contribution in [-0.2, 0) is 10.3 Å². The van der Waals surface area contributed by atoms with Crippen LogP contribution in [0.4, 0.5) is 9.18 Å². The van der Waals surface area contributed by atoms with Gasteiger partial charge in [0.1, 0.15) is 11.4 Å². The maximum Gasteiger partial charge on any atom is 0.344 e. The molecule has 1 unspecified atom stereocenters. The Hall–Kier alpha value is -2.93. The number of carbonyl (C=O) groups is 3. The van der Waals surface area contributed by atoms with Crippen molar-refractivity contribution in [1.82, 2.24) is 15.8 Å². The van der Waals surface area contributed by atoms with Crippen molar-refractivity contribution in [2.24, 2.45) is 0 Å². The number of hydrazine groups is 1. The molecule has 2 aromatic carbocycles. The number of hydrogen-bond donors (Lipinski definition) is 2. The first-order valence-electron chi connectivity index (χ1n) is 7.87. The van der Waals surface area contributed by atoms with Gasteiger partial charge in [-0.25, -0.2) is 9.18 Å². The fraction of sp³-hybridized carbons (Fsp3) is 0.167. The zero-order valence-electron chi connectivity index (χ0n) is 13.8. The van der Waals surface area contributed by atoms with Gasteiger partial charge in [-0.2, -0.15) is 5.01 Å². The van der Waals surface area contributed by atoms with Crippen LogP contribution in [-0.4, -0.2) is 22.9 Å². The van der Waals surface area contributed by atoms with Crippen molar-refractivity contribution in [3.8, 4) is 0 Å². The molecular formula is C18H15ClFN3O3. The molecule has 6 nitrogen and oxygen atoms in total. The third-order valence-electron chi connectivity index (χ3n) is 4.27. The maximum absolute atomic E-state index is 13.8. The van der Waals surface area contributed by atoms with E-state index in [1.165, 1.54) is 6.07 Å². The Morgan fingerprint density at radius 3 is 2.58 bits per heavy atom. The molecular weight excluding hydrogens is 361 g/mol. The van der Waals surface area contributed by atoms with Gasteiger partial charge in [-0.05, 0) is 30.2 Å². The van der Waals surface area contributed by atoms with Crippen molar-refractivity contribution in [2.45, 2.75) is 18.9 Å². The molecule has 4 amide bonds. The van der Waals surface area contributed by atoms with Gasteiger partial charge in [-0.3, -0.25) is 15.0 Å². The molecule has 134 valence electrons. The quantitative estimate of drug-likeness (QED) is 0.806. The molecule has 3 rings (SSSR count). The van der Waals surface area contributed by atoms with Crippen molar-refractivity contribution in [2.75, 3.05) is 0 Å². The summed E-state index contributed by atoms with van der Waals surface area (Å²) in [5.41, 5.74) is 1.08. The van der Waals surface area contributed by atoms with Crippen molar-refractivity contribution in [3.63, 3.8) is 0 Å². The topological polar surface area (TPSA) is 78.5 Å². The smallest absolute Gasteiger partial charge is 0.318 e. The zero-order chi connectivity index (χ0) is 18.9. The molecule has 1 saturated heterocycles. The lowest BCUT2D eigenvalue weighted by Gasteiger charge is -2.25. The monoisotopic (exact) mass is 375 g/mol. The molecule has 0 aliphatic carbocycles. The SMILES string of the molecule is CCC1(c2ccccc2)NC(=O)N(NC(=O)c2cc(Cl)ccc2F)C1=O. The van der Waals surface area contributed by atoms with Crippen molar-refractivity contribution in [3.05, 3.63) is 70.5 Å². The summed E-state index contributed by atoms with van der Waals surface area (Å²) in [6.45, 7) is 1.74. The second-order valence-electron chi connectivity index (χ2n) is 5.76. The van der Waals surface area contributed by atoms with Crippen LogP contribution in [0.15, 0.2) is 48.5 Å². The van der Waals surface area contributed by atoms with Gasteiger partial charge < -0.3 is 5.32 Å². The van der Waals surface area contributed by atoms with Crippen LogP contribution >= 0.6 is 11.6 Å². The van der Waals surface area contributed by atoms with Gasteiger partial charge in [0.25, 0.3) is 11.8 Å². The fourth-order valence-electron chi connectivity index (χ4n) is 2.87. The first-order valence-corrected chi connectivity index (χ1v) is 8.25. The van der Waals surface area contributed by atoms with E-state index in [1.54, 1.807) is 37.3 Å². The first-order chi connectivity index (χ1) is 12.4. The third kappa shape index (κ3) is 2.90. The fourth-order valence-corrected chi connectivity index (χ4v) is 3.04. The lowest BCUT2D eigenvalue weighted by Crippen LogP contribution is -2.48. The summed E-state index contributed by atoms with van der Waals surface area (Å²) in [7, 11) is 0. The van der Waals surface area contributed by atoms with Gasteiger partial charge in [0.2, 0.25) is 0 Å². The average molecular weight is 376 g/mol. The van der Waals surface area contributed by atoms with E-state index in [9.17, 15) is 18.8 Å². The molecule has 8 heteroatoms. The van der Waals surface area contributed by atoms with Gasteiger partial charge in [0.05, 0.1) is 5.56 Å². The van der Waals surface area contributed by atoms with E-state index < -0.39 is 29.2 Å². The zero-order valence-corrected chi connectivity index (χ0v) is 14.5. The summed E-state index contributed by atoms with van der Waals surface area (Å²) in [6.07, 6.45) is 0.277. The number of nitrogens with zero attached hydrogens (tertiary/aromatic N) is 1. The van der Waals surface area contributed by atoms with Gasteiger partial charge >= 0.3 is 6.03 Å². The molecule has 0 bridgehead atoms. The number of benzene rings is 2. The molecule has 0 aromatic heterocycles. The highest BCUT2D eigenvalue weighted by atomic mass is 35.5. The summed E-state index contributed by atoms with van der Waals surface area (Å²) < 4.78 is 13.8. The Balaban J connectivity index is 1.90. The number of rotatable bonds is 4. The molecule has 1 aliphatic heterocycles. The minimum absolute atomic E-state index is 0.154. The van der Waals surface area contributed by atoms with E-state index in [0.717, 1.165) is 12.1 Å². The lowest BCUT2D eigenvalue weighted by molar-refractivity contribution is -0.133. The molecule has 1 atom stereocenters. The molecule has 2 aromatic rings. The number of hydrogen-bond acceptors (Lipinski definition) is 3. The molecule has 1 heterocycles. The van der Waals surface area contributed by atoms with Crippen LogP contribution in [0.2, 0.25) is 5.02 Å². The highest BCUT2D eigenvalue weighted by Gasteiger charge is 2.52. The summed E-state index contributed by atoms with van der Waals surface area (Å²) >= 11 is 5.78. The summed E-state index contributed by atoms with van der Waals surface area (Å²) in [4.78, 5) is 37.5. The molecule has 0 saturated carbocycles. The number of carbonyl (C=O) groups excluding carboxylic acids is 3. The Morgan fingerprint density at radius 2 is 1.92 bits per heavy atom. The van der Waals surface area contributed by atoms with Crippen LogP contribution in [0, 0.1) is 5.82 Å². The van der Waals surface area contributed by atoms with Crippen LogP contribution in [0.3, 0.4) is 0 Å². The van der Waals surface area contributed by atoms with Crippen LogP contribution in [0.25, 0.3) is 0 Å². The van der Waals surface area contributed by atoms with E-state index in [4.69, 9.17) is 11.6 Å². The minimum atomic E-state index is -1.29. The van der Waals surface area contributed by atoms with E-state index in [-0.39, 0.29) is 17.0 Å². The molecule has 1 fully saturated rings. The second kappa shape index (κ2) is 6.76. The Morgan fingerprint density at radius 1 is 1.23 bits per heavy atom. The normalized spacial score (nSPS) is 19.4. The maximum atomic E-state index is 13.8. The van der Waals surface area contributed by atoms with Gasteiger partial charge in [0, 0.05) is 5.02 Å². The van der Waals surface area contributed by atoms with E-state index in [1.807, 2.05) is 0 Å². The van der Waals surface area contributed by atoms with Gasteiger partial charge in [-0.1, -0.05) is 48.9 Å². The first kappa shape index (κ1) is 17.9. The second-order valence-corrected chi connectivity index (χ2v) is 6.20. The lowest BCUT2D eigenvalue weighted by atomic mass is 9.87. The predicted octanol–water partition coefficient (Wildman–Crippen LogP) is 2.98. The summed E-state index contributed by atoms with van der Waals surface area (Å²) in [5.74, 6) is -2.41. The highest BCUT2D eigenvalue weighted by Crippen LogP contribution is 2.31. The van der Waals surface area contributed by atoms with E-state index in [0.29, 0.717) is 10.6 Å². The standard InChI is InChI=1S/C18H15ClFN3O3/c1-2-18(11-6-4-3-5-7-11)16(25)23(17(26)21-18)22-15(24)13-10-12(19)8-9-14(13)20/h3-10H,2H2,1H3,(H,21,26)(H,22,24). The summed E-state index contributed by atoms with van der Waals surface area (Å²) in [6, 6.07) is 11.3. The van der Waals surface area contributed by atoms with E-state index >= 15 is 0 Å². The largest absolute Gasteiger partial charge is 0.344 e. The minimum Gasteiger partial charge on any atom is -0.318 e. The molecule has 0 radical (unpaired) electrons. The average Bonchev–Trinajstić information content (AvgIpc) is 2.89. The van der Waals surface area contributed by atoms with Gasteiger partial charge in [-0.15, -0.1) is 0 Å². The predicted molar refractivity (Wildman–Crippen MR) is 92.7 cm³/mol. The summed E-state index contributed by atoms with van der Waals surface area (Å²) in [5, 5.41) is 3.34. The molecule has 26 heavy (non-hydrogen) atoms. The molecule has 1 aliphatic rings. The van der Waals surface area contributed by atoms with E-state index in [2.05, 4.69) is 10.7 Å². The third-order valence-corrected chi connectivity index (χ3v) is 4.51. The van der Waals surface area contributed by atoms with Crippen molar-refractivity contribution in [1.29, 1.82) is 0 Å². The Labute approximate surface area is 153 Å². The number of nitrogens with one attached hydrogen (secondary N) is 2. The Bertz CT molecular complexity index is 891. The van der Waals surface area contributed by atoms with Gasteiger partial charge in [0.15, 0.2) is 0 Å². The Kier molecular flexibility index (Phi) is 4.65. The number of halogens is 2. The van der Waals surface area contributed by atoms with Crippen molar-refractivity contribution < 1.29 is 18.8 Å².